The van der Waals surface area contributed by atoms with Gasteiger partial charge >= 0.3 is 0 Å². The number of piperidine rings is 1. The third-order valence-corrected chi connectivity index (χ3v) is 7.97. The number of halogens is 1. The second-order valence-corrected chi connectivity index (χ2v) is 10.5. The molecule has 0 unspecified atom stereocenters. The van der Waals surface area contributed by atoms with Gasteiger partial charge in [-0.25, -0.2) is 19.3 Å². The number of hydrogen-bond acceptors (Lipinski definition) is 6. The van der Waals surface area contributed by atoms with Gasteiger partial charge in [-0.2, -0.15) is 0 Å². The average Bonchev–Trinajstić information content (AvgIpc) is 3.47. The predicted molar refractivity (Wildman–Crippen MR) is 144 cm³/mol. The standard InChI is InChI=1S/C28H29FN6S/c29-22-9-7-21(8-10-22)19-35-25-6-2-1-4-23(25)32-26(35)18-20-11-15-34(16-12-20)17-14-31-28-33-24-5-3-13-30-27(24)36-28/h1-10,13,20H,11-12,14-19H2,(H,31,33). The first-order chi connectivity index (χ1) is 17.7. The Morgan fingerprint density at radius 3 is 2.58 bits per heavy atom. The van der Waals surface area contributed by atoms with E-state index in [1.807, 2.05) is 36.5 Å². The molecule has 1 fully saturated rings. The summed E-state index contributed by atoms with van der Waals surface area (Å²) in [6.07, 6.45) is 5.13. The lowest BCUT2D eigenvalue weighted by Crippen LogP contribution is -2.37. The summed E-state index contributed by atoms with van der Waals surface area (Å²) in [6.45, 7) is 4.82. The summed E-state index contributed by atoms with van der Waals surface area (Å²) >= 11 is 1.61. The predicted octanol–water partition coefficient (Wildman–Crippen LogP) is 5.60. The van der Waals surface area contributed by atoms with E-state index in [-0.39, 0.29) is 5.82 Å². The molecule has 3 aromatic heterocycles. The normalized spacial score (nSPS) is 15.1. The number of imidazole rings is 1. The molecule has 2 aromatic carbocycles. The van der Waals surface area contributed by atoms with Crippen LogP contribution in [0.25, 0.3) is 21.4 Å². The van der Waals surface area contributed by atoms with Crippen molar-refractivity contribution in [2.75, 3.05) is 31.5 Å². The van der Waals surface area contributed by atoms with Crippen LogP contribution in [0.2, 0.25) is 0 Å². The van der Waals surface area contributed by atoms with Gasteiger partial charge in [0.2, 0.25) is 0 Å². The topological polar surface area (TPSA) is 58.9 Å². The molecule has 0 atom stereocenters. The molecule has 8 heteroatoms. The van der Waals surface area contributed by atoms with Gasteiger partial charge in [-0.3, -0.25) is 0 Å². The van der Waals surface area contributed by atoms with E-state index < -0.39 is 0 Å². The maximum Gasteiger partial charge on any atom is 0.185 e. The van der Waals surface area contributed by atoms with Crippen molar-refractivity contribution in [3.8, 4) is 0 Å². The van der Waals surface area contributed by atoms with Crippen LogP contribution in [0.1, 0.15) is 24.2 Å². The van der Waals surface area contributed by atoms with Gasteiger partial charge in [-0.15, -0.1) is 0 Å². The molecule has 0 saturated carbocycles. The van der Waals surface area contributed by atoms with Crippen LogP contribution in [0, 0.1) is 11.7 Å². The number of likely N-dealkylation sites (tertiary alicyclic amines) is 1. The Hall–Kier alpha value is -3.36. The third-order valence-electron chi connectivity index (χ3n) is 7.04. The van der Waals surface area contributed by atoms with Crippen molar-refractivity contribution >= 4 is 37.8 Å². The maximum absolute atomic E-state index is 13.4. The summed E-state index contributed by atoms with van der Waals surface area (Å²) in [4.78, 5) is 17.5. The average molecular weight is 501 g/mol. The van der Waals surface area contributed by atoms with Crippen LogP contribution in [0.15, 0.2) is 66.9 Å². The van der Waals surface area contributed by atoms with Crippen LogP contribution in [0.5, 0.6) is 0 Å². The van der Waals surface area contributed by atoms with Crippen LogP contribution >= 0.6 is 11.3 Å². The summed E-state index contributed by atoms with van der Waals surface area (Å²) in [7, 11) is 0. The van der Waals surface area contributed by atoms with Crippen molar-refractivity contribution < 1.29 is 4.39 Å². The third kappa shape index (κ3) is 5.10. The summed E-state index contributed by atoms with van der Waals surface area (Å²) in [5, 5.41) is 4.41. The monoisotopic (exact) mass is 500 g/mol. The highest BCUT2D eigenvalue weighted by Crippen LogP contribution is 2.26. The fourth-order valence-corrected chi connectivity index (χ4v) is 5.90. The van der Waals surface area contributed by atoms with E-state index in [1.165, 1.54) is 25.0 Å². The highest BCUT2D eigenvalue weighted by Gasteiger charge is 2.22. The van der Waals surface area contributed by atoms with E-state index in [1.54, 1.807) is 11.3 Å². The SMILES string of the molecule is Fc1ccc(Cn2c(CC3CCN(CCNc4nc5cccnc5s4)CC3)nc3ccccc32)cc1. The van der Waals surface area contributed by atoms with Crippen LogP contribution in [-0.2, 0) is 13.0 Å². The van der Waals surface area contributed by atoms with Crippen LogP contribution < -0.4 is 5.32 Å². The van der Waals surface area contributed by atoms with Crippen molar-refractivity contribution in [2.45, 2.75) is 25.8 Å². The van der Waals surface area contributed by atoms with E-state index in [2.05, 4.69) is 43.0 Å². The second-order valence-electron chi connectivity index (χ2n) is 9.49. The van der Waals surface area contributed by atoms with E-state index >= 15 is 0 Å². The minimum absolute atomic E-state index is 0.200. The first kappa shape index (κ1) is 23.1. The number of rotatable bonds is 8. The highest BCUT2D eigenvalue weighted by molar-refractivity contribution is 7.21. The molecule has 0 amide bonds. The van der Waals surface area contributed by atoms with Crippen LogP contribution in [-0.4, -0.2) is 50.6 Å². The number of pyridine rings is 1. The summed E-state index contributed by atoms with van der Waals surface area (Å²) in [6, 6.07) is 19.0. The Balaban J connectivity index is 1.05. The van der Waals surface area contributed by atoms with Gasteiger partial charge in [0.15, 0.2) is 5.13 Å². The molecule has 0 bridgehead atoms. The lowest BCUT2D eigenvalue weighted by Gasteiger charge is -2.31. The first-order valence-corrected chi connectivity index (χ1v) is 13.4. The van der Waals surface area contributed by atoms with Gasteiger partial charge in [0, 0.05) is 32.3 Å². The molecule has 36 heavy (non-hydrogen) atoms. The molecule has 0 spiro atoms. The zero-order chi connectivity index (χ0) is 24.3. The van der Waals surface area contributed by atoms with Crippen molar-refractivity contribution in [1.29, 1.82) is 0 Å². The Bertz CT molecular complexity index is 1420. The Morgan fingerprint density at radius 1 is 0.944 bits per heavy atom. The van der Waals surface area contributed by atoms with Crippen molar-refractivity contribution in [1.82, 2.24) is 24.4 Å². The van der Waals surface area contributed by atoms with Crippen molar-refractivity contribution in [3.05, 3.63) is 84.1 Å². The molecule has 0 radical (unpaired) electrons. The first-order valence-electron chi connectivity index (χ1n) is 12.6. The number of nitrogens with one attached hydrogen (secondary N) is 1. The van der Waals surface area contributed by atoms with Crippen LogP contribution in [0.3, 0.4) is 0 Å². The molecular formula is C28H29FN6S. The van der Waals surface area contributed by atoms with Gasteiger partial charge in [0.25, 0.3) is 0 Å². The molecule has 0 aliphatic carbocycles. The highest BCUT2D eigenvalue weighted by atomic mass is 32.1. The smallest absolute Gasteiger partial charge is 0.185 e. The lowest BCUT2D eigenvalue weighted by molar-refractivity contribution is 0.188. The van der Waals surface area contributed by atoms with Gasteiger partial charge < -0.3 is 14.8 Å². The molecule has 1 aliphatic heterocycles. The number of benzene rings is 2. The molecule has 5 aromatic rings. The number of aromatic nitrogens is 4. The minimum Gasteiger partial charge on any atom is -0.360 e. The van der Waals surface area contributed by atoms with Gasteiger partial charge in [0.1, 0.15) is 22.0 Å². The van der Waals surface area contributed by atoms with Gasteiger partial charge in [0.05, 0.1) is 11.0 Å². The van der Waals surface area contributed by atoms with Crippen LogP contribution in [0.4, 0.5) is 9.52 Å². The van der Waals surface area contributed by atoms with Crippen molar-refractivity contribution in [3.63, 3.8) is 0 Å². The molecular weight excluding hydrogens is 471 g/mol. The number of thiazole rings is 1. The van der Waals surface area contributed by atoms with Crippen molar-refractivity contribution in [2.24, 2.45) is 5.92 Å². The molecule has 6 rings (SSSR count). The molecule has 1 saturated heterocycles. The fourth-order valence-electron chi connectivity index (χ4n) is 5.07. The zero-order valence-electron chi connectivity index (χ0n) is 20.1. The Labute approximate surface area is 213 Å². The van der Waals surface area contributed by atoms with Gasteiger partial charge in [-0.05, 0) is 73.8 Å². The Kier molecular flexibility index (Phi) is 6.61. The lowest BCUT2D eigenvalue weighted by atomic mass is 9.93. The molecule has 184 valence electrons. The molecule has 1 aliphatic rings. The minimum atomic E-state index is -0.200. The van der Waals surface area contributed by atoms with E-state index in [9.17, 15) is 4.39 Å². The zero-order valence-corrected chi connectivity index (χ0v) is 20.9. The fraction of sp³-hybridized carbons (Fsp3) is 0.321. The molecule has 6 nitrogen and oxygen atoms in total. The van der Waals surface area contributed by atoms with E-state index in [4.69, 9.17) is 4.98 Å². The quantitative estimate of drug-likeness (QED) is 0.301. The number of hydrogen-bond donors (Lipinski definition) is 1. The van der Waals surface area contributed by atoms with Gasteiger partial charge in [-0.1, -0.05) is 35.6 Å². The second kappa shape index (κ2) is 10.3. The molecule has 4 heterocycles. The summed E-state index contributed by atoms with van der Waals surface area (Å²) in [5.41, 5.74) is 4.22. The molecule has 1 N–H and O–H groups in total. The van der Waals surface area contributed by atoms with E-state index in [0.29, 0.717) is 12.5 Å². The summed E-state index contributed by atoms with van der Waals surface area (Å²) in [5.74, 6) is 1.55. The number of fused-ring (bicyclic) bond motifs is 2. The van der Waals surface area contributed by atoms with E-state index in [0.717, 1.165) is 70.5 Å². The Morgan fingerprint density at radius 2 is 1.75 bits per heavy atom. The number of nitrogens with zero attached hydrogens (tertiary/aromatic N) is 5. The number of anilines is 1. The number of para-hydroxylation sites is 2. The summed E-state index contributed by atoms with van der Waals surface area (Å²) < 4.78 is 15.7. The largest absolute Gasteiger partial charge is 0.360 e. The maximum atomic E-state index is 13.4.